The summed E-state index contributed by atoms with van der Waals surface area (Å²) in [5.41, 5.74) is 38.3. The summed E-state index contributed by atoms with van der Waals surface area (Å²) in [5.74, 6) is 0. The molecule has 0 bridgehead atoms. The maximum atomic E-state index is 2.45. The maximum Gasteiger partial charge on any atom is 0.0862 e. The van der Waals surface area contributed by atoms with Crippen LogP contribution in [0.4, 0.5) is 0 Å². The largest absolute Gasteiger partial charge is 0.183 e. The molecule has 1 heteroatoms. The van der Waals surface area contributed by atoms with Crippen LogP contribution in [0.15, 0.2) is 455 Å². The highest BCUT2D eigenvalue weighted by molar-refractivity contribution is 7.15. The van der Waals surface area contributed by atoms with E-state index in [1.54, 1.807) is 0 Å². The van der Waals surface area contributed by atoms with Gasteiger partial charge in [0.15, 0.2) is 0 Å². The SMILES string of the molecule is CCCCCCCC[B-](c1c(-c2ccccc2)c(-c2ccccc2)c(-c2ccccc2)c(-c2ccccc2)c1-c1ccccc1)(c1c(-c2ccccc2)c(-c2ccccc2)c(-c2ccccc2)c(-c2ccccc2)c1-c1ccccc1)c1c(-c2ccccc2)c(-c2ccccc2)c(-c2ccccc2)c(-c2ccccc2)c1-c1ccccc1. The molecular formula is C116H92B-. The number of hydrogen-bond acceptors (Lipinski definition) is 0. The number of unbranched alkanes of at least 4 members (excludes halogenated alkanes) is 5. The molecule has 560 valence electrons. The number of hydrogen-bond donors (Lipinski definition) is 0. The van der Waals surface area contributed by atoms with Gasteiger partial charge in [0, 0.05) is 0 Å². The summed E-state index contributed by atoms with van der Waals surface area (Å²) in [6.07, 6.45) is 4.11. The minimum atomic E-state index is -2.88. The van der Waals surface area contributed by atoms with Crippen molar-refractivity contribution in [3.63, 3.8) is 0 Å². The molecule has 18 aromatic rings. The Morgan fingerprint density at radius 2 is 0.239 bits per heavy atom. The maximum absolute atomic E-state index is 2.88. The Labute approximate surface area is 691 Å². The van der Waals surface area contributed by atoms with Crippen molar-refractivity contribution >= 4 is 22.5 Å². The lowest BCUT2D eigenvalue weighted by Crippen LogP contribution is -2.70. The number of rotatable bonds is 25. The van der Waals surface area contributed by atoms with Crippen LogP contribution in [-0.4, -0.2) is 6.15 Å². The van der Waals surface area contributed by atoms with Crippen LogP contribution >= 0.6 is 0 Å². The normalized spacial score (nSPS) is 11.4. The quantitative estimate of drug-likeness (QED) is 0.0395. The van der Waals surface area contributed by atoms with Crippen LogP contribution in [0.2, 0.25) is 6.32 Å². The van der Waals surface area contributed by atoms with Gasteiger partial charge in [-0.2, -0.15) is 22.7 Å². The lowest BCUT2D eigenvalue weighted by Gasteiger charge is -2.53. The van der Waals surface area contributed by atoms with Crippen LogP contribution in [0.5, 0.6) is 0 Å². The molecule has 0 N–H and O–H groups in total. The van der Waals surface area contributed by atoms with E-state index in [-0.39, 0.29) is 0 Å². The molecule has 0 aliphatic heterocycles. The third-order valence-corrected chi connectivity index (χ3v) is 24.0. The summed E-state index contributed by atoms with van der Waals surface area (Å²) in [4.78, 5) is 0. The Morgan fingerprint density at radius 1 is 0.128 bits per heavy atom. The summed E-state index contributed by atoms with van der Waals surface area (Å²) in [7, 11) is 0. The van der Waals surface area contributed by atoms with Gasteiger partial charge in [0.25, 0.3) is 0 Å². The Kier molecular flexibility index (Phi) is 22.1. The highest BCUT2D eigenvalue weighted by Crippen LogP contribution is 2.58. The summed E-state index contributed by atoms with van der Waals surface area (Å²) in [6, 6.07) is 174. The zero-order valence-electron chi connectivity index (χ0n) is 66.3. The molecule has 0 aromatic heterocycles. The van der Waals surface area contributed by atoms with Crippen molar-refractivity contribution in [1.82, 2.24) is 0 Å². The Hall–Kier alpha value is -14.0. The molecule has 0 amide bonds. The van der Waals surface area contributed by atoms with Gasteiger partial charge in [-0.05, 0) is 167 Å². The topological polar surface area (TPSA) is 0 Å². The standard InChI is InChI=1S/C116H92B/c1-2-3-4-5-6-52-83-117(114-108(93-71-40-16-41-72-93)102(87-59-28-10-29-60-87)99(84-53-22-7-23-54-84)103(88-61-30-11-31-62-88)109(114)94-73-42-17-43-74-94,115-110(95-75-44-18-45-76-95)104(89-63-32-12-33-64-89)100(85-55-24-8-25-56-85)105(90-65-34-13-35-66-90)111(115)96-77-46-19-47-78-96)116-112(97-79-48-20-49-80-97)106(91-67-36-14-37-68-91)101(86-57-26-9-27-58-86)107(92-69-38-15-39-70-92)113(116)98-81-50-21-51-82-98/h7-51,53-82H,2-6,52,83H2,1H3/q-1. The highest BCUT2D eigenvalue weighted by Gasteiger charge is 2.47. The van der Waals surface area contributed by atoms with Crippen molar-refractivity contribution in [3.05, 3.63) is 455 Å². The lowest BCUT2D eigenvalue weighted by atomic mass is 9.10. The second-order valence-corrected chi connectivity index (χ2v) is 31.0. The van der Waals surface area contributed by atoms with E-state index in [0.717, 1.165) is 122 Å². The van der Waals surface area contributed by atoms with Crippen molar-refractivity contribution in [1.29, 1.82) is 0 Å². The molecular weight excluding hydrogens is 1400 g/mol. The van der Waals surface area contributed by atoms with Gasteiger partial charge in [-0.25, -0.2) is 0 Å². The van der Waals surface area contributed by atoms with Gasteiger partial charge < -0.3 is 0 Å². The predicted octanol–water partition coefficient (Wildman–Crippen LogP) is 30.5. The molecule has 0 radical (unpaired) electrons. The fourth-order valence-electron chi connectivity index (χ4n) is 19.4. The average molecular weight is 1500 g/mol. The number of benzene rings is 18. The summed E-state index contributed by atoms with van der Waals surface area (Å²) in [6.45, 7) is 2.35. The molecule has 0 heterocycles. The highest BCUT2D eigenvalue weighted by atomic mass is 14.4. The van der Waals surface area contributed by atoms with Gasteiger partial charge in [-0.15, -0.1) is 0 Å². The van der Waals surface area contributed by atoms with E-state index >= 15 is 0 Å². The van der Waals surface area contributed by atoms with Crippen LogP contribution in [-0.2, 0) is 0 Å². The van der Waals surface area contributed by atoms with Crippen molar-refractivity contribution < 1.29 is 0 Å². The van der Waals surface area contributed by atoms with Crippen molar-refractivity contribution in [2.24, 2.45) is 0 Å². The van der Waals surface area contributed by atoms with E-state index in [1.165, 1.54) is 99.8 Å². The van der Waals surface area contributed by atoms with E-state index in [0.29, 0.717) is 6.32 Å². The zero-order chi connectivity index (χ0) is 78.5. The second-order valence-electron chi connectivity index (χ2n) is 31.0. The first-order chi connectivity index (χ1) is 58.2. The van der Waals surface area contributed by atoms with Crippen LogP contribution in [0, 0.1) is 0 Å². The molecule has 0 aliphatic rings. The van der Waals surface area contributed by atoms with Gasteiger partial charge >= 0.3 is 0 Å². The monoisotopic (exact) mass is 1500 g/mol. The minimum Gasteiger partial charge on any atom is -0.183 e. The summed E-state index contributed by atoms with van der Waals surface area (Å²) < 4.78 is 0. The van der Waals surface area contributed by atoms with Gasteiger partial charge in [0.2, 0.25) is 0 Å². The molecule has 0 unspecified atom stereocenters. The zero-order valence-corrected chi connectivity index (χ0v) is 66.3. The molecule has 0 saturated heterocycles. The minimum absolute atomic E-state index is 0.679. The molecule has 0 saturated carbocycles. The van der Waals surface area contributed by atoms with Gasteiger partial charge in [-0.3, -0.25) is 0 Å². The summed E-state index contributed by atoms with van der Waals surface area (Å²) in [5, 5.41) is 0. The molecule has 0 aliphatic carbocycles. The summed E-state index contributed by atoms with van der Waals surface area (Å²) >= 11 is 0. The molecule has 117 heavy (non-hydrogen) atoms. The molecule has 0 atom stereocenters. The van der Waals surface area contributed by atoms with E-state index in [1.807, 2.05) is 0 Å². The van der Waals surface area contributed by atoms with Crippen molar-refractivity contribution in [2.45, 2.75) is 51.8 Å². The van der Waals surface area contributed by atoms with E-state index in [9.17, 15) is 0 Å². The lowest BCUT2D eigenvalue weighted by molar-refractivity contribution is 0.623. The molecule has 0 nitrogen and oxygen atoms in total. The third kappa shape index (κ3) is 14.5. The van der Waals surface area contributed by atoms with Crippen LogP contribution < -0.4 is 16.4 Å². The second kappa shape index (κ2) is 34.8. The van der Waals surface area contributed by atoms with Crippen molar-refractivity contribution in [3.8, 4) is 167 Å². The van der Waals surface area contributed by atoms with E-state index < -0.39 is 6.15 Å². The predicted molar refractivity (Wildman–Crippen MR) is 504 cm³/mol. The first-order valence-corrected chi connectivity index (χ1v) is 41.9. The first kappa shape index (κ1) is 74.4. The smallest absolute Gasteiger partial charge is 0.0862 e. The van der Waals surface area contributed by atoms with Crippen molar-refractivity contribution in [2.75, 3.05) is 0 Å². The van der Waals surface area contributed by atoms with E-state index in [4.69, 9.17) is 0 Å². The van der Waals surface area contributed by atoms with Crippen LogP contribution in [0.1, 0.15) is 45.4 Å². The average Bonchev–Trinajstić information content (AvgIpc) is 0.666. The van der Waals surface area contributed by atoms with Gasteiger partial charge in [0.1, 0.15) is 0 Å². The fraction of sp³-hybridized carbons (Fsp3) is 0.0690. The fourth-order valence-corrected chi connectivity index (χ4v) is 19.4. The molecule has 18 rings (SSSR count). The van der Waals surface area contributed by atoms with E-state index in [2.05, 4.69) is 462 Å². The van der Waals surface area contributed by atoms with Crippen LogP contribution in [0.3, 0.4) is 0 Å². The Morgan fingerprint density at radius 3 is 0.376 bits per heavy atom. The van der Waals surface area contributed by atoms with Crippen LogP contribution in [0.25, 0.3) is 167 Å². The third-order valence-electron chi connectivity index (χ3n) is 24.0. The molecule has 0 spiro atoms. The van der Waals surface area contributed by atoms with Gasteiger partial charge in [-0.1, -0.05) is 500 Å². The Bertz CT molecular complexity index is 5410. The molecule has 18 aromatic carbocycles. The molecule has 0 fully saturated rings. The van der Waals surface area contributed by atoms with Gasteiger partial charge in [0.05, 0.1) is 6.15 Å². The Balaban J connectivity index is 1.31. The first-order valence-electron chi connectivity index (χ1n) is 41.9.